The predicted octanol–water partition coefficient (Wildman–Crippen LogP) is 4.07. The summed E-state index contributed by atoms with van der Waals surface area (Å²) < 4.78 is 43.0. The number of alkyl halides is 3. The minimum Gasteiger partial charge on any atom is -0.465 e. The summed E-state index contributed by atoms with van der Waals surface area (Å²) in [7, 11) is 1.77. The Bertz CT molecular complexity index is 693. The Morgan fingerprint density at radius 3 is 2.33 bits per heavy atom. The van der Waals surface area contributed by atoms with Gasteiger partial charge in [0.25, 0.3) is 0 Å². The highest BCUT2D eigenvalue weighted by atomic mass is 19.4. The van der Waals surface area contributed by atoms with Crippen LogP contribution in [-0.4, -0.2) is 23.9 Å². The van der Waals surface area contributed by atoms with Crippen LogP contribution in [0.4, 0.5) is 18.9 Å². The number of aryl methyl sites for hydroxylation is 1. The molecule has 0 aliphatic heterocycles. The molecule has 1 amide bonds. The molecule has 1 atom stereocenters. The van der Waals surface area contributed by atoms with Crippen LogP contribution in [0.2, 0.25) is 0 Å². The van der Waals surface area contributed by atoms with Crippen LogP contribution in [0.3, 0.4) is 0 Å². The number of rotatable bonds is 5. The Labute approximate surface area is 138 Å². The molecular weight excluding hydrogens is 321 g/mol. The molecule has 0 saturated carbocycles. The van der Waals surface area contributed by atoms with Gasteiger partial charge in [-0.05, 0) is 57.3 Å². The first-order chi connectivity index (χ1) is 11.2. The Hall–Kier alpha value is -2.28. The van der Waals surface area contributed by atoms with Crippen LogP contribution in [0.1, 0.15) is 24.0 Å². The highest BCUT2D eigenvalue weighted by Crippen LogP contribution is 2.29. The van der Waals surface area contributed by atoms with Crippen LogP contribution in [0.25, 0.3) is 0 Å². The number of furan rings is 1. The number of carbonyl (C=O) groups excluding carboxylic acids is 1. The number of amides is 1. The first-order valence-corrected chi connectivity index (χ1v) is 7.40. The maximum Gasteiger partial charge on any atom is 0.416 e. The molecule has 7 heteroatoms. The van der Waals surface area contributed by atoms with Crippen LogP contribution < -0.4 is 5.32 Å². The van der Waals surface area contributed by atoms with E-state index in [1.165, 1.54) is 12.1 Å². The van der Waals surface area contributed by atoms with Crippen molar-refractivity contribution < 1.29 is 22.4 Å². The zero-order valence-corrected chi connectivity index (χ0v) is 13.6. The minimum atomic E-state index is -4.39. The molecule has 0 bridgehead atoms. The fourth-order valence-electron chi connectivity index (χ4n) is 2.14. The molecule has 2 rings (SSSR count). The Kier molecular flexibility index (Phi) is 5.33. The quantitative estimate of drug-likeness (QED) is 0.892. The second kappa shape index (κ2) is 7.09. The molecule has 1 heterocycles. The van der Waals surface area contributed by atoms with Gasteiger partial charge in [-0.3, -0.25) is 9.69 Å². The SMILES string of the molecule is Cc1ccc(CN(C)[C@H](C)C(=O)Nc2ccc(C(F)(F)F)cc2)o1. The molecule has 1 N–H and O–H groups in total. The third-order valence-corrected chi connectivity index (χ3v) is 3.72. The number of anilines is 1. The van der Waals surface area contributed by atoms with Crippen LogP contribution in [0.15, 0.2) is 40.8 Å². The summed E-state index contributed by atoms with van der Waals surface area (Å²) in [5.74, 6) is 1.23. The lowest BCUT2D eigenvalue weighted by atomic mass is 10.2. The van der Waals surface area contributed by atoms with Gasteiger partial charge in [0.05, 0.1) is 18.2 Å². The standard InChI is InChI=1S/C17H19F3N2O2/c1-11-4-9-15(24-11)10-22(3)12(2)16(23)21-14-7-5-13(6-8-14)17(18,19)20/h4-9,12H,10H2,1-3H3,(H,21,23)/t12-/m1/s1. The first kappa shape index (κ1) is 18.1. The van der Waals surface area contributed by atoms with Crippen molar-refractivity contribution in [2.45, 2.75) is 32.6 Å². The monoisotopic (exact) mass is 340 g/mol. The molecule has 2 aromatic rings. The average molecular weight is 340 g/mol. The second-order valence-corrected chi connectivity index (χ2v) is 5.67. The molecule has 4 nitrogen and oxygen atoms in total. The minimum absolute atomic E-state index is 0.305. The summed E-state index contributed by atoms with van der Waals surface area (Å²) in [5, 5.41) is 2.61. The van der Waals surface area contributed by atoms with Gasteiger partial charge < -0.3 is 9.73 Å². The van der Waals surface area contributed by atoms with E-state index in [1.807, 2.05) is 19.1 Å². The van der Waals surface area contributed by atoms with E-state index in [9.17, 15) is 18.0 Å². The second-order valence-electron chi connectivity index (χ2n) is 5.67. The van der Waals surface area contributed by atoms with Crippen LogP contribution >= 0.6 is 0 Å². The molecule has 0 radical (unpaired) electrons. The Morgan fingerprint density at radius 2 is 1.83 bits per heavy atom. The van der Waals surface area contributed by atoms with Crippen LogP contribution in [0.5, 0.6) is 0 Å². The summed E-state index contributed by atoms with van der Waals surface area (Å²) in [6, 6.07) is 7.57. The number of hydrogen-bond donors (Lipinski definition) is 1. The number of nitrogens with one attached hydrogen (secondary N) is 1. The lowest BCUT2D eigenvalue weighted by molar-refractivity contribution is -0.137. The number of carbonyl (C=O) groups is 1. The average Bonchev–Trinajstić information content (AvgIpc) is 2.91. The molecule has 0 spiro atoms. The van der Waals surface area contributed by atoms with E-state index in [1.54, 1.807) is 18.9 Å². The maximum absolute atomic E-state index is 12.5. The molecule has 1 aromatic carbocycles. The van der Waals surface area contributed by atoms with E-state index in [0.29, 0.717) is 12.2 Å². The number of likely N-dealkylation sites (N-methyl/N-ethyl adjacent to an activating group) is 1. The van der Waals surface area contributed by atoms with Gasteiger partial charge in [-0.2, -0.15) is 13.2 Å². The third-order valence-electron chi connectivity index (χ3n) is 3.72. The van der Waals surface area contributed by atoms with Crippen molar-refractivity contribution in [1.82, 2.24) is 4.90 Å². The van der Waals surface area contributed by atoms with Gasteiger partial charge in [0.15, 0.2) is 0 Å². The van der Waals surface area contributed by atoms with Crippen molar-refractivity contribution in [2.24, 2.45) is 0 Å². The molecular formula is C17H19F3N2O2. The van der Waals surface area contributed by atoms with Crippen molar-refractivity contribution >= 4 is 11.6 Å². The number of halogens is 3. The van der Waals surface area contributed by atoms with Crippen molar-refractivity contribution in [1.29, 1.82) is 0 Å². The fraction of sp³-hybridized carbons (Fsp3) is 0.353. The molecule has 130 valence electrons. The van der Waals surface area contributed by atoms with E-state index >= 15 is 0 Å². The first-order valence-electron chi connectivity index (χ1n) is 7.40. The lowest BCUT2D eigenvalue weighted by Crippen LogP contribution is -2.39. The summed E-state index contributed by atoms with van der Waals surface area (Å²) in [6.45, 7) is 4.01. The molecule has 1 aromatic heterocycles. The Morgan fingerprint density at radius 1 is 1.21 bits per heavy atom. The van der Waals surface area contributed by atoms with Crippen LogP contribution in [-0.2, 0) is 17.5 Å². The zero-order valence-electron chi connectivity index (χ0n) is 13.6. The highest BCUT2D eigenvalue weighted by Gasteiger charge is 2.30. The molecule has 0 fully saturated rings. The normalized spacial score (nSPS) is 13.1. The largest absolute Gasteiger partial charge is 0.465 e. The number of benzene rings is 1. The highest BCUT2D eigenvalue weighted by molar-refractivity contribution is 5.94. The number of nitrogens with zero attached hydrogens (tertiary/aromatic N) is 1. The van der Waals surface area contributed by atoms with Gasteiger partial charge in [0.2, 0.25) is 5.91 Å². The molecule has 0 aliphatic rings. The summed E-state index contributed by atoms with van der Waals surface area (Å²) in [5.41, 5.74) is -0.430. The summed E-state index contributed by atoms with van der Waals surface area (Å²) >= 11 is 0. The van der Waals surface area contributed by atoms with Gasteiger partial charge in [-0.15, -0.1) is 0 Å². The van der Waals surface area contributed by atoms with E-state index in [-0.39, 0.29) is 5.91 Å². The van der Waals surface area contributed by atoms with E-state index in [2.05, 4.69) is 5.32 Å². The lowest BCUT2D eigenvalue weighted by Gasteiger charge is -2.23. The van der Waals surface area contributed by atoms with Gasteiger partial charge in [-0.1, -0.05) is 0 Å². The molecule has 0 saturated heterocycles. The number of hydrogen-bond acceptors (Lipinski definition) is 3. The van der Waals surface area contributed by atoms with E-state index < -0.39 is 17.8 Å². The van der Waals surface area contributed by atoms with Gasteiger partial charge >= 0.3 is 6.18 Å². The molecule has 24 heavy (non-hydrogen) atoms. The smallest absolute Gasteiger partial charge is 0.416 e. The summed E-state index contributed by atoms with van der Waals surface area (Å²) in [6.07, 6.45) is -4.39. The van der Waals surface area contributed by atoms with Crippen molar-refractivity contribution in [3.63, 3.8) is 0 Å². The van der Waals surface area contributed by atoms with Crippen molar-refractivity contribution in [2.75, 3.05) is 12.4 Å². The molecule has 0 aliphatic carbocycles. The van der Waals surface area contributed by atoms with Gasteiger partial charge in [0.1, 0.15) is 11.5 Å². The van der Waals surface area contributed by atoms with Gasteiger partial charge in [-0.25, -0.2) is 0 Å². The topological polar surface area (TPSA) is 45.5 Å². The van der Waals surface area contributed by atoms with Crippen molar-refractivity contribution in [3.05, 3.63) is 53.5 Å². The predicted molar refractivity (Wildman–Crippen MR) is 84.4 cm³/mol. The maximum atomic E-state index is 12.5. The summed E-state index contributed by atoms with van der Waals surface area (Å²) in [4.78, 5) is 14.0. The van der Waals surface area contributed by atoms with Gasteiger partial charge in [0, 0.05) is 5.69 Å². The third kappa shape index (κ3) is 4.61. The van der Waals surface area contributed by atoms with E-state index in [0.717, 1.165) is 23.7 Å². The zero-order chi connectivity index (χ0) is 17.9. The fourth-order valence-corrected chi connectivity index (χ4v) is 2.14. The van der Waals surface area contributed by atoms with Crippen molar-refractivity contribution in [3.8, 4) is 0 Å². The van der Waals surface area contributed by atoms with E-state index in [4.69, 9.17) is 4.42 Å². The van der Waals surface area contributed by atoms with Crippen LogP contribution in [0, 0.1) is 6.92 Å². The Balaban J connectivity index is 1.95. The molecule has 0 unspecified atom stereocenters.